The highest BCUT2D eigenvalue weighted by atomic mass is 32.2. The van der Waals surface area contributed by atoms with E-state index in [4.69, 9.17) is 4.74 Å². The zero-order valence-electron chi connectivity index (χ0n) is 25.2. The maximum atomic E-state index is 13.2. The third-order valence-corrected chi connectivity index (χ3v) is 9.90. The van der Waals surface area contributed by atoms with Crippen molar-refractivity contribution in [2.45, 2.75) is 88.8 Å². The van der Waals surface area contributed by atoms with Crippen LogP contribution in [0.4, 0.5) is 4.79 Å². The van der Waals surface area contributed by atoms with Crippen molar-refractivity contribution in [3.63, 3.8) is 0 Å². The molecule has 1 saturated carbocycles. The molecule has 1 aromatic carbocycles. The highest BCUT2D eigenvalue weighted by molar-refractivity contribution is 7.86. The normalized spacial score (nSPS) is 22.1. The van der Waals surface area contributed by atoms with Gasteiger partial charge in [-0.25, -0.2) is 4.79 Å². The van der Waals surface area contributed by atoms with Crippen molar-refractivity contribution < 1.29 is 42.0 Å². The van der Waals surface area contributed by atoms with Crippen LogP contribution in [-0.2, 0) is 35.7 Å². The Morgan fingerprint density at radius 2 is 1.77 bits per heavy atom. The molecule has 3 aliphatic rings. The van der Waals surface area contributed by atoms with E-state index < -0.39 is 45.6 Å². The van der Waals surface area contributed by atoms with Gasteiger partial charge in [-0.1, -0.05) is 44.2 Å². The van der Waals surface area contributed by atoms with Crippen LogP contribution in [0.2, 0.25) is 0 Å². The summed E-state index contributed by atoms with van der Waals surface area (Å²) < 4.78 is 38.4. The zero-order valence-corrected chi connectivity index (χ0v) is 26.1. The average Bonchev–Trinajstić information content (AvgIpc) is 3.35. The van der Waals surface area contributed by atoms with Gasteiger partial charge >= 0.3 is 6.09 Å². The summed E-state index contributed by atoms with van der Waals surface area (Å²) >= 11 is 0. The van der Waals surface area contributed by atoms with E-state index >= 15 is 0 Å². The topological polar surface area (TPSA) is 191 Å². The Morgan fingerprint density at radius 1 is 1.11 bits per heavy atom. The predicted octanol–water partition coefficient (Wildman–Crippen LogP) is 1.36. The number of nitrogens with one attached hydrogen (secondary N) is 3. The van der Waals surface area contributed by atoms with E-state index in [1.54, 1.807) is 0 Å². The van der Waals surface area contributed by atoms with Crippen LogP contribution in [-0.4, -0.2) is 90.0 Å². The first-order valence-electron chi connectivity index (χ1n) is 15.3. The maximum absolute atomic E-state index is 13.2. The molecule has 44 heavy (non-hydrogen) atoms. The first-order valence-corrected chi connectivity index (χ1v) is 16.8. The molecule has 244 valence electrons. The molecule has 0 unspecified atom stereocenters. The molecule has 4 rings (SSSR count). The molecular formula is C30H44N4O9S. The molecule has 3 fully saturated rings. The van der Waals surface area contributed by atoms with E-state index in [-0.39, 0.29) is 42.1 Å². The smallest absolute Gasteiger partial charge is 0.408 e. The largest absolute Gasteiger partial charge is 0.446 e. The monoisotopic (exact) mass is 636 g/mol. The number of carbonyl (C=O) groups excluding carboxylic acids is 4. The number of likely N-dealkylation sites (tertiary alicyclic amines) is 1. The van der Waals surface area contributed by atoms with Gasteiger partial charge in [0.25, 0.3) is 10.1 Å². The maximum Gasteiger partial charge on any atom is 0.408 e. The molecule has 13 nitrogen and oxygen atoms in total. The van der Waals surface area contributed by atoms with E-state index in [0.717, 1.165) is 18.4 Å². The van der Waals surface area contributed by atoms with Crippen LogP contribution in [0.25, 0.3) is 0 Å². The number of hydrogen-bond acceptors (Lipinski definition) is 8. The number of alkyl carbamates (subject to hydrolysis) is 1. The highest BCUT2D eigenvalue weighted by Crippen LogP contribution is 2.50. The highest BCUT2D eigenvalue weighted by Gasteiger charge is 2.48. The average molecular weight is 637 g/mol. The second-order valence-corrected chi connectivity index (χ2v) is 14.4. The first kappa shape index (κ1) is 33.7. The predicted molar refractivity (Wildman–Crippen MR) is 159 cm³/mol. The fourth-order valence-electron chi connectivity index (χ4n) is 6.46. The van der Waals surface area contributed by atoms with Gasteiger partial charge < -0.3 is 30.7 Å². The molecule has 2 saturated heterocycles. The van der Waals surface area contributed by atoms with Crippen LogP contribution in [0, 0.1) is 17.3 Å². The number of ether oxygens (including phenoxy) is 1. The van der Waals surface area contributed by atoms with E-state index in [1.807, 2.05) is 49.1 Å². The lowest BCUT2D eigenvalue weighted by atomic mass is 9.61. The summed E-state index contributed by atoms with van der Waals surface area (Å²) in [6, 6.07) is 7.05. The lowest BCUT2D eigenvalue weighted by molar-refractivity contribution is -0.136. The second-order valence-electron chi connectivity index (χ2n) is 12.8. The Bertz CT molecular complexity index is 1290. The van der Waals surface area contributed by atoms with Crippen LogP contribution < -0.4 is 16.0 Å². The Morgan fingerprint density at radius 3 is 2.34 bits per heavy atom. The van der Waals surface area contributed by atoms with Crippen LogP contribution in [0.15, 0.2) is 30.3 Å². The minimum Gasteiger partial charge on any atom is -0.446 e. The summed E-state index contributed by atoms with van der Waals surface area (Å²) in [6.07, 6.45) is 2.58. The van der Waals surface area contributed by atoms with Crippen molar-refractivity contribution in [1.82, 2.24) is 20.9 Å². The SMILES string of the molecule is CC(C)C[C@H](NC(=O)OC1CC2(CCN(C(=O)Cc3ccccc3)CC2)C1)C(=O)N[C@@H](C[C@@H]1CCNC1=O)[C@H](O)S(=O)(=O)O. The summed E-state index contributed by atoms with van der Waals surface area (Å²) in [5, 5.41) is 17.9. The van der Waals surface area contributed by atoms with Crippen molar-refractivity contribution in [2.75, 3.05) is 19.6 Å². The van der Waals surface area contributed by atoms with Crippen molar-refractivity contribution >= 4 is 33.9 Å². The van der Waals surface area contributed by atoms with Gasteiger partial charge in [-0.05, 0) is 61.8 Å². The standard InChI is InChI=1S/C30H44N4O9S/c1-19(2)14-23(27(37)32-24(28(38)44(40,41)42)16-21-8-11-31-26(21)36)33-29(39)43-22-17-30(18-22)9-12-34(13-10-30)25(35)15-20-6-4-3-5-7-20/h3-7,19,21-24,28,38H,8-18H2,1-2H3,(H,31,36)(H,32,37)(H,33,39)(H,40,41,42)/t21-,23-,24-,28+/m0/s1. The van der Waals surface area contributed by atoms with E-state index in [2.05, 4.69) is 16.0 Å². The van der Waals surface area contributed by atoms with Crippen LogP contribution in [0.5, 0.6) is 0 Å². The molecule has 0 aromatic heterocycles. The van der Waals surface area contributed by atoms with Gasteiger partial charge in [-0.3, -0.25) is 18.9 Å². The summed E-state index contributed by atoms with van der Waals surface area (Å²) in [5.74, 6) is -1.70. The van der Waals surface area contributed by atoms with Gasteiger partial charge in [0.05, 0.1) is 12.5 Å². The minimum absolute atomic E-state index is 0.00879. The second kappa shape index (κ2) is 14.2. The number of nitrogens with zero attached hydrogens (tertiary/aromatic N) is 1. The Hall–Kier alpha value is -3.23. The third-order valence-electron chi connectivity index (χ3n) is 8.96. The summed E-state index contributed by atoms with van der Waals surface area (Å²) in [6.45, 7) is 5.36. The lowest BCUT2D eigenvalue weighted by Crippen LogP contribution is -2.56. The minimum atomic E-state index is -4.95. The van der Waals surface area contributed by atoms with Gasteiger partial charge in [0.15, 0.2) is 0 Å². The van der Waals surface area contributed by atoms with E-state index in [0.29, 0.717) is 45.3 Å². The first-order chi connectivity index (χ1) is 20.7. The van der Waals surface area contributed by atoms with Crippen LogP contribution in [0.3, 0.4) is 0 Å². The number of piperidine rings is 1. The number of benzene rings is 1. The van der Waals surface area contributed by atoms with Crippen LogP contribution in [0.1, 0.15) is 64.4 Å². The van der Waals surface area contributed by atoms with E-state index in [9.17, 15) is 37.3 Å². The summed E-state index contributed by atoms with van der Waals surface area (Å²) in [7, 11) is -4.95. The number of carbonyl (C=O) groups is 4. The molecule has 0 bridgehead atoms. The number of hydrogen-bond donors (Lipinski definition) is 5. The van der Waals surface area contributed by atoms with Gasteiger partial charge in [-0.15, -0.1) is 0 Å². The molecule has 14 heteroatoms. The van der Waals surface area contributed by atoms with E-state index in [1.165, 1.54) is 0 Å². The Balaban J connectivity index is 1.27. The Labute approximate surface area is 258 Å². The van der Waals surface area contributed by atoms with Crippen molar-refractivity contribution in [2.24, 2.45) is 17.3 Å². The third kappa shape index (κ3) is 8.91. The molecule has 4 atom stereocenters. The molecule has 2 aliphatic heterocycles. The molecule has 1 aliphatic carbocycles. The molecule has 0 radical (unpaired) electrons. The molecule has 1 spiro atoms. The van der Waals surface area contributed by atoms with Crippen molar-refractivity contribution in [3.8, 4) is 0 Å². The number of aliphatic hydroxyl groups excluding tert-OH is 1. The summed E-state index contributed by atoms with van der Waals surface area (Å²) in [4.78, 5) is 52.7. The number of aliphatic hydroxyl groups is 1. The fraction of sp³-hybridized carbons (Fsp3) is 0.667. The molecule has 1 aromatic rings. The zero-order chi connectivity index (χ0) is 32.1. The molecule has 2 heterocycles. The fourth-order valence-corrected chi connectivity index (χ4v) is 7.05. The summed E-state index contributed by atoms with van der Waals surface area (Å²) in [5.41, 5.74) is -1.36. The van der Waals surface area contributed by atoms with Gasteiger partial charge in [-0.2, -0.15) is 8.42 Å². The quantitative estimate of drug-likeness (QED) is 0.211. The van der Waals surface area contributed by atoms with Gasteiger partial charge in [0.1, 0.15) is 12.1 Å². The lowest BCUT2D eigenvalue weighted by Gasteiger charge is -2.51. The molecule has 5 N–H and O–H groups in total. The number of amides is 4. The van der Waals surface area contributed by atoms with Crippen LogP contribution >= 0.6 is 0 Å². The van der Waals surface area contributed by atoms with Crippen molar-refractivity contribution in [1.29, 1.82) is 0 Å². The number of rotatable bonds is 12. The Kier molecular flexibility index (Phi) is 10.9. The molecular weight excluding hydrogens is 592 g/mol. The molecule has 4 amide bonds. The van der Waals surface area contributed by atoms with Crippen molar-refractivity contribution in [3.05, 3.63) is 35.9 Å². The van der Waals surface area contributed by atoms with Gasteiger partial charge in [0, 0.05) is 25.6 Å². The van der Waals surface area contributed by atoms with Gasteiger partial charge in [0.2, 0.25) is 23.2 Å².